The number of nitrogen functional groups attached to an aromatic ring is 1. The highest BCUT2D eigenvalue weighted by molar-refractivity contribution is 5.48. The summed E-state index contributed by atoms with van der Waals surface area (Å²) in [6.07, 6.45) is 0. The average Bonchev–Trinajstić information content (AvgIpc) is 2.26. The molecule has 0 radical (unpaired) electrons. The van der Waals surface area contributed by atoms with Gasteiger partial charge < -0.3 is 20.6 Å². The SMILES string of the molecule is COCc1nc(NN)cc(NC(C)(C)C(C)(C)O)n1. The van der Waals surface area contributed by atoms with Crippen molar-refractivity contribution in [2.24, 2.45) is 5.84 Å². The second kappa shape index (κ2) is 5.68. The molecule has 1 heterocycles. The lowest BCUT2D eigenvalue weighted by molar-refractivity contribution is 0.0238. The largest absolute Gasteiger partial charge is 0.388 e. The topological polar surface area (TPSA) is 105 Å². The van der Waals surface area contributed by atoms with Crippen molar-refractivity contribution in [3.05, 3.63) is 11.9 Å². The van der Waals surface area contributed by atoms with E-state index in [-0.39, 0.29) is 6.61 Å². The van der Waals surface area contributed by atoms with Crippen LogP contribution in [0, 0.1) is 0 Å². The summed E-state index contributed by atoms with van der Waals surface area (Å²) in [6, 6.07) is 1.67. The zero-order valence-electron chi connectivity index (χ0n) is 12.1. The molecule has 5 N–H and O–H groups in total. The summed E-state index contributed by atoms with van der Waals surface area (Å²) >= 11 is 0. The highest BCUT2D eigenvalue weighted by Gasteiger charge is 2.35. The van der Waals surface area contributed by atoms with Gasteiger partial charge in [-0.05, 0) is 27.7 Å². The summed E-state index contributed by atoms with van der Waals surface area (Å²) in [7, 11) is 1.57. The Hall–Kier alpha value is -1.44. The van der Waals surface area contributed by atoms with Crippen LogP contribution in [-0.4, -0.2) is 33.3 Å². The van der Waals surface area contributed by atoms with Gasteiger partial charge in [-0.25, -0.2) is 15.8 Å². The molecule has 19 heavy (non-hydrogen) atoms. The molecule has 0 aliphatic rings. The maximum atomic E-state index is 10.1. The minimum absolute atomic E-state index is 0.285. The van der Waals surface area contributed by atoms with Crippen molar-refractivity contribution in [3.8, 4) is 0 Å². The van der Waals surface area contributed by atoms with Gasteiger partial charge in [0.2, 0.25) is 0 Å². The minimum atomic E-state index is -0.921. The van der Waals surface area contributed by atoms with E-state index in [1.54, 1.807) is 27.0 Å². The summed E-state index contributed by atoms with van der Waals surface area (Å²) < 4.78 is 5.01. The number of anilines is 2. The van der Waals surface area contributed by atoms with Gasteiger partial charge in [0.05, 0.1) is 11.1 Å². The molecule has 0 aromatic carbocycles. The maximum absolute atomic E-state index is 10.1. The Kier molecular flexibility index (Phi) is 4.67. The Labute approximate surface area is 113 Å². The summed E-state index contributed by atoms with van der Waals surface area (Å²) in [5.41, 5.74) is 0.989. The number of nitrogens with two attached hydrogens (primary N) is 1. The van der Waals surface area contributed by atoms with E-state index >= 15 is 0 Å². The van der Waals surface area contributed by atoms with Crippen molar-refractivity contribution in [1.29, 1.82) is 0 Å². The Morgan fingerprint density at radius 2 is 1.84 bits per heavy atom. The summed E-state index contributed by atoms with van der Waals surface area (Å²) in [5, 5.41) is 13.3. The standard InChI is InChI=1S/C12H23N5O2/c1-11(2,12(3,4)18)16-8-6-9(17-13)15-10(14-8)7-19-5/h6,18H,7,13H2,1-5H3,(H2,14,15,16,17). The van der Waals surface area contributed by atoms with Gasteiger partial charge in [-0.1, -0.05) is 0 Å². The van der Waals surface area contributed by atoms with E-state index in [0.29, 0.717) is 17.5 Å². The van der Waals surface area contributed by atoms with Gasteiger partial charge in [0.25, 0.3) is 0 Å². The fraction of sp³-hybridized carbons (Fsp3) is 0.667. The normalized spacial score (nSPS) is 12.4. The third-order valence-electron chi connectivity index (χ3n) is 3.16. The third kappa shape index (κ3) is 4.02. The highest BCUT2D eigenvalue weighted by atomic mass is 16.5. The van der Waals surface area contributed by atoms with E-state index in [4.69, 9.17) is 10.6 Å². The van der Waals surface area contributed by atoms with Crippen LogP contribution in [0.2, 0.25) is 0 Å². The molecule has 1 aromatic heterocycles. The van der Waals surface area contributed by atoms with E-state index in [2.05, 4.69) is 20.7 Å². The number of hydrazine groups is 1. The molecule has 7 nitrogen and oxygen atoms in total. The van der Waals surface area contributed by atoms with Gasteiger partial charge in [0.15, 0.2) is 5.82 Å². The van der Waals surface area contributed by atoms with Gasteiger partial charge in [-0.2, -0.15) is 0 Å². The van der Waals surface area contributed by atoms with Gasteiger partial charge in [0.1, 0.15) is 18.2 Å². The number of nitrogens with zero attached hydrogens (tertiary/aromatic N) is 2. The quantitative estimate of drug-likeness (QED) is 0.448. The molecule has 0 fully saturated rings. The van der Waals surface area contributed by atoms with Crippen LogP contribution in [0.4, 0.5) is 11.6 Å². The molecule has 0 aliphatic heterocycles. The maximum Gasteiger partial charge on any atom is 0.158 e. The Balaban J connectivity index is 3.03. The number of ether oxygens (including phenoxy) is 1. The van der Waals surface area contributed by atoms with Gasteiger partial charge >= 0.3 is 0 Å². The number of aromatic nitrogens is 2. The second-order valence-corrected chi connectivity index (χ2v) is 5.44. The van der Waals surface area contributed by atoms with Crippen LogP contribution in [0.25, 0.3) is 0 Å². The first kappa shape index (κ1) is 15.6. The first-order valence-corrected chi connectivity index (χ1v) is 6.03. The van der Waals surface area contributed by atoms with E-state index in [9.17, 15) is 5.11 Å². The van der Waals surface area contributed by atoms with E-state index < -0.39 is 11.1 Å². The molecule has 0 saturated heterocycles. The van der Waals surface area contributed by atoms with Crippen molar-refractivity contribution in [2.45, 2.75) is 45.4 Å². The lowest BCUT2D eigenvalue weighted by atomic mass is 9.86. The molecule has 0 spiro atoms. The monoisotopic (exact) mass is 269 g/mol. The Bertz CT molecular complexity index is 429. The van der Waals surface area contributed by atoms with Crippen molar-refractivity contribution in [1.82, 2.24) is 9.97 Å². The number of rotatable bonds is 6. The van der Waals surface area contributed by atoms with Gasteiger partial charge in [-0.3, -0.25) is 0 Å². The van der Waals surface area contributed by atoms with Crippen LogP contribution >= 0.6 is 0 Å². The van der Waals surface area contributed by atoms with Crippen LogP contribution in [0.1, 0.15) is 33.5 Å². The Morgan fingerprint density at radius 3 is 2.32 bits per heavy atom. The number of aliphatic hydroxyl groups is 1. The fourth-order valence-corrected chi connectivity index (χ4v) is 1.30. The van der Waals surface area contributed by atoms with Crippen molar-refractivity contribution in [3.63, 3.8) is 0 Å². The number of methoxy groups -OCH3 is 1. The van der Waals surface area contributed by atoms with Crippen molar-refractivity contribution in [2.75, 3.05) is 17.9 Å². The minimum Gasteiger partial charge on any atom is -0.388 e. The van der Waals surface area contributed by atoms with Crippen LogP contribution in [-0.2, 0) is 11.3 Å². The van der Waals surface area contributed by atoms with Crippen LogP contribution in [0.3, 0.4) is 0 Å². The van der Waals surface area contributed by atoms with Crippen LogP contribution in [0.15, 0.2) is 6.07 Å². The molecule has 0 atom stereocenters. The smallest absolute Gasteiger partial charge is 0.158 e. The van der Waals surface area contributed by atoms with Gasteiger partial charge in [0, 0.05) is 13.2 Å². The predicted molar refractivity (Wildman–Crippen MR) is 74.6 cm³/mol. The molecular weight excluding hydrogens is 246 g/mol. The van der Waals surface area contributed by atoms with Crippen LogP contribution < -0.4 is 16.6 Å². The number of hydrogen-bond acceptors (Lipinski definition) is 7. The molecule has 0 saturated carbocycles. The molecule has 108 valence electrons. The summed E-state index contributed by atoms with van der Waals surface area (Å²) in [6.45, 7) is 7.53. The fourth-order valence-electron chi connectivity index (χ4n) is 1.30. The third-order valence-corrected chi connectivity index (χ3v) is 3.16. The predicted octanol–water partition coefficient (Wildman–Crippen LogP) is 0.870. The molecule has 7 heteroatoms. The second-order valence-electron chi connectivity index (χ2n) is 5.44. The van der Waals surface area contributed by atoms with Crippen LogP contribution in [0.5, 0.6) is 0 Å². The molecule has 0 aliphatic carbocycles. The molecule has 0 unspecified atom stereocenters. The summed E-state index contributed by atoms with van der Waals surface area (Å²) in [4.78, 5) is 8.48. The van der Waals surface area contributed by atoms with Gasteiger partial charge in [-0.15, -0.1) is 0 Å². The zero-order valence-corrected chi connectivity index (χ0v) is 12.1. The summed E-state index contributed by atoms with van der Waals surface area (Å²) in [5.74, 6) is 6.94. The molecule has 0 amide bonds. The molecular formula is C12H23N5O2. The lowest BCUT2D eigenvalue weighted by Crippen LogP contribution is -2.51. The Morgan fingerprint density at radius 1 is 1.26 bits per heavy atom. The van der Waals surface area contributed by atoms with E-state index in [0.717, 1.165) is 0 Å². The van der Waals surface area contributed by atoms with E-state index in [1.165, 1.54) is 0 Å². The van der Waals surface area contributed by atoms with Crippen molar-refractivity contribution < 1.29 is 9.84 Å². The molecule has 0 bridgehead atoms. The lowest BCUT2D eigenvalue weighted by Gasteiger charge is -2.38. The van der Waals surface area contributed by atoms with E-state index in [1.807, 2.05) is 13.8 Å². The van der Waals surface area contributed by atoms with Crippen molar-refractivity contribution >= 4 is 11.6 Å². The number of nitrogens with one attached hydrogen (secondary N) is 2. The average molecular weight is 269 g/mol. The first-order valence-electron chi connectivity index (χ1n) is 6.03. The number of hydrogen-bond donors (Lipinski definition) is 4. The first-order chi connectivity index (χ1) is 8.69. The molecule has 1 aromatic rings. The highest BCUT2D eigenvalue weighted by Crippen LogP contribution is 2.25. The zero-order chi connectivity index (χ0) is 14.7. The molecule has 1 rings (SSSR count).